The third-order valence-corrected chi connectivity index (χ3v) is 7.10. The number of likely N-dealkylation sites (N-methyl/N-ethyl adjacent to an activating group) is 1. The lowest BCUT2D eigenvalue weighted by atomic mass is 9.93. The van der Waals surface area contributed by atoms with Crippen LogP contribution in [0.25, 0.3) is 33.3 Å². The van der Waals surface area contributed by atoms with Crippen LogP contribution >= 0.6 is 0 Å². The Morgan fingerprint density at radius 1 is 0.914 bits per heavy atom. The SMILES string of the molecule is CN1CCn2c(cc3c(-c4cncc(-c5ccc(N6CC(C)(C)CC6=O)cc5)c4)ccnc32)C1=O. The first-order valence-electron chi connectivity index (χ1n) is 11.9. The lowest BCUT2D eigenvalue weighted by Gasteiger charge is -2.24. The molecule has 2 amide bonds. The minimum atomic E-state index is 0.00220. The van der Waals surface area contributed by atoms with Gasteiger partial charge in [-0.3, -0.25) is 14.6 Å². The second-order valence-corrected chi connectivity index (χ2v) is 10.3. The lowest BCUT2D eigenvalue weighted by molar-refractivity contribution is -0.117. The van der Waals surface area contributed by atoms with Gasteiger partial charge in [0, 0.05) is 73.9 Å². The van der Waals surface area contributed by atoms with Crippen molar-refractivity contribution >= 4 is 28.5 Å². The Balaban J connectivity index is 1.35. The average Bonchev–Trinajstić information content (AvgIpc) is 3.37. The molecule has 35 heavy (non-hydrogen) atoms. The summed E-state index contributed by atoms with van der Waals surface area (Å²) in [5.41, 5.74) is 6.43. The smallest absolute Gasteiger partial charge is 0.270 e. The standard InChI is InChI=1S/C28H27N5O2/c1-28(2)14-25(34)33(17-28)21-6-4-18(5-7-21)19-12-20(16-29-15-19)22-8-9-30-26-23(22)13-24-27(35)31(3)10-11-32(24)26/h4-9,12-13,15-16H,10-11,14,17H2,1-3H3. The molecular weight excluding hydrogens is 438 g/mol. The molecule has 3 aromatic heterocycles. The first-order valence-corrected chi connectivity index (χ1v) is 11.9. The molecule has 0 N–H and O–H groups in total. The predicted molar refractivity (Wildman–Crippen MR) is 136 cm³/mol. The van der Waals surface area contributed by atoms with Crippen molar-refractivity contribution in [2.24, 2.45) is 5.41 Å². The highest BCUT2D eigenvalue weighted by molar-refractivity contribution is 6.03. The van der Waals surface area contributed by atoms with Crippen LogP contribution in [0.2, 0.25) is 0 Å². The van der Waals surface area contributed by atoms with Crippen LogP contribution in [0.5, 0.6) is 0 Å². The first-order chi connectivity index (χ1) is 16.8. The van der Waals surface area contributed by atoms with Crippen molar-refractivity contribution in [1.82, 2.24) is 19.4 Å². The van der Waals surface area contributed by atoms with E-state index in [0.717, 1.165) is 52.1 Å². The minimum Gasteiger partial charge on any atom is -0.339 e. The summed E-state index contributed by atoms with van der Waals surface area (Å²) < 4.78 is 2.01. The first kappa shape index (κ1) is 21.5. The van der Waals surface area contributed by atoms with Crippen molar-refractivity contribution < 1.29 is 9.59 Å². The molecule has 1 fully saturated rings. The van der Waals surface area contributed by atoms with Gasteiger partial charge in [0.2, 0.25) is 5.91 Å². The maximum Gasteiger partial charge on any atom is 0.270 e. The van der Waals surface area contributed by atoms with E-state index in [1.807, 2.05) is 65.3 Å². The molecule has 0 radical (unpaired) electrons. The number of anilines is 1. The maximum absolute atomic E-state index is 12.7. The maximum atomic E-state index is 12.7. The summed E-state index contributed by atoms with van der Waals surface area (Å²) in [7, 11) is 1.83. The molecule has 4 aromatic rings. The topological polar surface area (TPSA) is 71.3 Å². The van der Waals surface area contributed by atoms with Crippen LogP contribution in [0.4, 0.5) is 5.69 Å². The third kappa shape index (κ3) is 3.58. The molecule has 0 aliphatic carbocycles. The molecule has 176 valence electrons. The van der Waals surface area contributed by atoms with E-state index in [2.05, 4.69) is 29.9 Å². The van der Waals surface area contributed by atoms with E-state index in [4.69, 9.17) is 0 Å². The highest BCUT2D eigenvalue weighted by Gasteiger charge is 2.36. The molecule has 1 aromatic carbocycles. The summed E-state index contributed by atoms with van der Waals surface area (Å²) >= 11 is 0. The normalized spacial score (nSPS) is 17.3. The second kappa shape index (κ2) is 7.77. The van der Waals surface area contributed by atoms with E-state index in [9.17, 15) is 9.59 Å². The van der Waals surface area contributed by atoms with Crippen LogP contribution < -0.4 is 4.90 Å². The van der Waals surface area contributed by atoms with E-state index < -0.39 is 0 Å². The molecule has 7 nitrogen and oxygen atoms in total. The number of carbonyl (C=O) groups excluding carboxylic acids is 2. The van der Waals surface area contributed by atoms with Crippen LogP contribution in [0.3, 0.4) is 0 Å². The van der Waals surface area contributed by atoms with E-state index >= 15 is 0 Å². The minimum absolute atomic E-state index is 0.00220. The van der Waals surface area contributed by atoms with E-state index in [0.29, 0.717) is 18.7 Å². The number of carbonyl (C=O) groups is 2. The zero-order valence-electron chi connectivity index (χ0n) is 20.2. The Kier molecular flexibility index (Phi) is 4.78. The molecular formula is C28H27N5O2. The third-order valence-electron chi connectivity index (χ3n) is 7.10. The van der Waals surface area contributed by atoms with Gasteiger partial charge in [0.05, 0.1) is 0 Å². The van der Waals surface area contributed by atoms with Crippen LogP contribution in [0.1, 0.15) is 30.8 Å². The number of pyridine rings is 2. The molecule has 2 aliphatic heterocycles. The van der Waals surface area contributed by atoms with Crippen molar-refractivity contribution in [2.45, 2.75) is 26.8 Å². The van der Waals surface area contributed by atoms with E-state index in [1.165, 1.54) is 0 Å². The lowest BCUT2D eigenvalue weighted by Crippen LogP contribution is -2.36. The molecule has 1 saturated heterocycles. The second-order valence-electron chi connectivity index (χ2n) is 10.3. The van der Waals surface area contributed by atoms with Gasteiger partial charge in [0.25, 0.3) is 5.91 Å². The number of hydrogen-bond donors (Lipinski definition) is 0. The van der Waals surface area contributed by atoms with Crippen molar-refractivity contribution in [3.05, 3.63) is 66.7 Å². The van der Waals surface area contributed by atoms with Gasteiger partial charge in [0.15, 0.2) is 0 Å². The fourth-order valence-corrected chi connectivity index (χ4v) is 5.24. The number of hydrogen-bond acceptors (Lipinski definition) is 4. The summed E-state index contributed by atoms with van der Waals surface area (Å²) in [6.07, 6.45) is 6.07. The monoisotopic (exact) mass is 465 g/mol. The summed E-state index contributed by atoms with van der Waals surface area (Å²) in [4.78, 5) is 37.9. The number of aromatic nitrogens is 3. The molecule has 0 spiro atoms. The van der Waals surface area contributed by atoms with Crippen LogP contribution in [-0.2, 0) is 11.3 Å². The predicted octanol–water partition coefficient (Wildman–Crippen LogP) is 4.61. The highest BCUT2D eigenvalue weighted by atomic mass is 16.2. The average molecular weight is 466 g/mol. The summed E-state index contributed by atoms with van der Waals surface area (Å²) in [5.74, 6) is 0.195. The van der Waals surface area contributed by atoms with Gasteiger partial charge in [-0.2, -0.15) is 0 Å². The zero-order chi connectivity index (χ0) is 24.3. The zero-order valence-corrected chi connectivity index (χ0v) is 20.2. The molecule has 0 atom stereocenters. The van der Waals surface area contributed by atoms with Gasteiger partial charge in [-0.25, -0.2) is 4.98 Å². The summed E-state index contributed by atoms with van der Waals surface area (Å²) in [5, 5.41) is 0.954. The molecule has 7 heteroatoms. The van der Waals surface area contributed by atoms with Crippen LogP contribution in [0.15, 0.2) is 61.1 Å². The quantitative estimate of drug-likeness (QED) is 0.443. The number of benzene rings is 1. The van der Waals surface area contributed by atoms with Gasteiger partial charge in [-0.1, -0.05) is 26.0 Å². The molecule has 2 aliphatic rings. The van der Waals surface area contributed by atoms with Gasteiger partial charge in [-0.15, -0.1) is 0 Å². The van der Waals surface area contributed by atoms with E-state index in [1.54, 1.807) is 11.1 Å². The fourth-order valence-electron chi connectivity index (χ4n) is 5.24. The highest BCUT2D eigenvalue weighted by Crippen LogP contribution is 2.36. The Bertz CT molecular complexity index is 1490. The fraction of sp³-hybridized carbons (Fsp3) is 0.286. The van der Waals surface area contributed by atoms with Crippen molar-refractivity contribution in [2.75, 3.05) is 25.0 Å². The number of rotatable bonds is 3. The van der Waals surface area contributed by atoms with Gasteiger partial charge < -0.3 is 14.4 Å². The van der Waals surface area contributed by atoms with E-state index in [-0.39, 0.29) is 17.2 Å². The van der Waals surface area contributed by atoms with Gasteiger partial charge >= 0.3 is 0 Å². The Hall–Kier alpha value is -4.00. The largest absolute Gasteiger partial charge is 0.339 e. The van der Waals surface area contributed by atoms with Crippen LogP contribution in [-0.4, -0.2) is 51.4 Å². The number of nitrogens with zero attached hydrogens (tertiary/aromatic N) is 5. The Morgan fingerprint density at radius 3 is 2.43 bits per heavy atom. The summed E-state index contributed by atoms with van der Waals surface area (Å²) in [6, 6.07) is 14.2. The molecule has 0 bridgehead atoms. The van der Waals surface area contributed by atoms with Crippen molar-refractivity contribution in [1.29, 1.82) is 0 Å². The Morgan fingerprint density at radius 2 is 1.69 bits per heavy atom. The number of fused-ring (bicyclic) bond motifs is 3. The molecule has 0 unspecified atom stereocenters. The van der Waals surface area contributed by atoms with Gasteiger partial charge in [0.1, 0.15) is 11.3 Å². The van der Waals surface area contributed by atoms with Crippen molar-refractivity contribution in [3.63, 3.8) is 0 Å². The molecule has 0 saturated carbocycles. The summed E-state index contributed by atoms with van der Waals surface area (Å²) in [6.45, 7) is 6.40. The molecule has 5 heterocycles. The van der Waals surface area contributed by atoms with Crippen LogP contribution in [0, 0.1) is 5.41 Å². The van der Waals surface area contributed by atoms with Crippen molar-refractivity contribution in [3.8, 4) is 22.3 Å². The Labute approximate surface area is 204 Å². The number of amides is 2. The molecule has 6 rings (SSSR count). The van der Waals surface area contributed by atoms with Gasteiger partial charge in [-0.05, 0) is 46.9 Å².